The summed E-state index contributed by atoms with van der Waals surface area (Å²) < 4.78 is 9.88. The molecule has 1 aromatic carbocycles. The molecule has 1 aromatic heterocycles. The van der Waals surface area contributed by atoms with Crippen molar-refractivity contribution < 1.29 is 23.6 Å². The molecule has 156 valence electrons. The molecule has 3 N–H and O–H groups in total. The molecule has 3 amide bonds. The maximum atomic E-state index is 11.8. The zero-order valence-electron chi connectivity index (χ0n) is 16.5. The van der Waals surface area contributed by atoms with Crippen LogP contribution in [0, 0.1) is 0 Å². The van der Waals surface area contributed by atoms with Crippen LogP contribution in [0.2, 0.25) is 0 Å². The molecule has 1 saturated carbocycles. The second kappa shape index (κ2) is 11.6. The Kier molecular flexibility index (Phi) is 8.84. The Morgan fingerprint density at radius 1 is 1.31 bits per heavy atom. The van der Waals surface area contributed by atoms with Crippen molar-refractivity contribution in [1.82, 2.24) is 21.3 Å². The SMILES string of the molecule is CCC(OC)C(=O)NNC=O.O=C(NC1CCC1)c1cc(-c2ccccc2)no1. The van der Waals surface area contributed by atoms with E-state index in [-0.39, 0.29) is 17.6 Å². The van der Waals surface area contributed by atoms with Gasteiger partial charge in [0.2, 0.25) is 12.2 Å². The number of carbonyl (C=O) groups excluding carboxylic acids is 3. The first-order valence-electron chi connectivity index (χ1n) is 9.43. The van der Waals surface area contributed by atoms with Crippen LogP contribution in [-0.2, 0) is 14.3 Å². The van der Waals surface area contributed by atoms with E-state index in [0.717, 1.165) is 18.4 Å². The molecule has 0 radical (unpaired) electrons. The van der Waals surface area contributed by atoms with Crippen molar-refractivity contribution in [2.75, 3.05) is 7.11 Å². The van der Waals surface area contributed by atoms with E-state index in [1.165, 1.54) is 13.5 Å². The molecule has 0 saturated heterocycles. The summed E-state index contributed by atoms with van der Waals surface area (Å²) >= 11 is 0. The number of benzene rings is 1. The number of nitrogens with zero attached hydrogens (tertiary/aromatic N) is 1. The van der Waals surface area contributed by atoms with Gasteiger partial charge >= 0.3 is 0 Å². The van der Waals surface area contributed by atoms with Crippen molar-refractivity contribution in [3.8, 4) is 11.3 Å². The van der Waals surface area contributed by atoms with Crippen LogP contribution in [0.3, 0.4) is 0 Å². The van der Waals surface area contributed by atoms with Crippen LogP contribution in [0.5, 0.6) is 0 Å². The van der Waals surface area contributed by atoms with Crippen LogP contribution in [0.4, 0.5) is 0 Å². The molecule has 9 heteroatoms. The Balaban J connectivity index is 0.000000237. The number of rotatable bonds is 8. The largest absolute Gasteiger partial charge is 0.372 e. The first-order valence-corrected chi connectivity index (χ1v) is 9.43. The van der Waals surface area contributed by atoms with Gasteiger partial charge in [0.15, 0.2) is 0 Å². The molecule has 9 nitrogen and oxygen atoms in total. The Bertz CT molecular complexity index is 785. The first-order chi connectivity index (χ1) is 14.1. The molecular weight excluding hydrogens is 376 g/mol. The minimum absolute atomic E-state index is 0.172. The van der Waals surface area contributed by atoms with E-state index >= 15 is 0 Å². The van der Waals surface area contributed by atoms with Crippen LogP contribution in [-0.4, -0.2) is 42.6 Å². The number of hydrazine groups is 1. The summed E-state index contributed by atoms with van der Waals surface area (Å²) in [7, 11) is 1.44. The predicted molar refractivity (Wildman–Crippen MR) is 105 cm³/mol. The number of ether oxygens (including phenoxy) is 1. The zero-order valence-corrected chi connectivity index (χ0v) is 16.5. The third-order valence-electron chi connectivity index (χ3n) is 4.45. The van der Waals surface area contributed by atoms with Crippen molar-refractivity contribution in [3.63, 3.8) is 0 Å². The molecule has 1 heterocycles. The van der Waals surface area contributed by atoms with Gasteiger partial charge in [0.25, 0.3) is 11.8 Å². The molecule has 0 aliphatic heterocycles. The Hall–Kier alpha value is -3.20. The summed E-state index contributed by atoms with van der Waals surface area (Å²) in [4.78, 5) is 32.5. The van der Waals surface area contributed by atoms with Gasteiger partial charge in [0.1, 0.15) is 11.8 Å². The number of hydrogen-bond acceptors (Lipinski definition) is 6. The van der Waals surface area contributed by atoms with Crippen molar-refractivity contribution >= 4 is 18.2 Å². The molecule has 3 rings (SSSR count). The smallest absolute Gasteiger partial charge is 0.290 e. The minimum atomic E-state index is -0.498. The number of methoxy groups -OCH3 is 1. The fraction of sp³-hybridized carbons (Fsp3) is 0.400. The highest BCUT2D eigenvalue weighted by molar-refractivity contribution is 5.92. The number of amides is 3. The third-order valence-corrected chi connectivity index (χ3v) is 4.45. The van der Waals surface area contributed by atoms with Crippen LogP contribution in [0.15, 0.2) is 40.9 Å². The lowest BCUT2D eigenvalue weighted by Crippen LogP contribution is -2.43. The molecule has 1 aliphatic rings. The molecule has 1 atom stereocenters. The lowest BCUT2D eigenvalue weighted by atomic mass is 9.93. The van der Waals surface area contributed by atoms with E-state index in [2.05, 4.69) is 15.9 Å². The second-order valence-corrected chi connectivity index (χ2v) is 6.43. The Labute approximate surface area is 169 Å². The van der Waals surface area contributed by atoms with Gasteiger partial charge < -0.3 is 14.6 Å². The van der Waals surface area contributed by atoms with E-state index in [1.54, 1.807) is 6.07 Å². The number of nitrogens with one attached hydrogen (secondary N) is 3. The molecular formula is C20H26N4O5. The van der Waals surface area contributed by atoms with Gasteiger partial charge in [-0.2, -0.15) is 0 Å². The van der Waals surface area contributed by atoms with E-state index in [0.29, 0.717) is 24.6 Å². The number of hydrogen-bond donors (Lipinski definition) is 3. The van der Waals surface area contributed by atoms with E-state index in [4.69, 9.17) is 9.26 Å². The molecule has 29 heavy (non-hydrogen) atoms. The third kappa shape index (κ3) is 6.72. The Morgan fingerprint density at radius 2 is 2.03 bits per heavy atom. The van der Waals surface area contributed by atoms with Gasteiger partial charge in [0, 0.05) is 24.8 Å². The fourth-order valence-corrected chi connectivity index (χ4v) is 2.58. The van der Waals surface area contributed by atoms with E-state index < -0.39 is 6.10 Å². The van der Waals surface area contributed by atoms with Gasteiger partial charge in [-0.15, -0.1) is 0 Å². The minimum Gasteiger partial charge on any atom is -0.372 e. The maximum Gasteiger partial charge on any atom is 0.290 e. The normalized spacial score (nSPS) is 13.9. The highest BCUT2D eigenvalue weighted by atomic mass is 16.5. The second-order valence-electron chi connectivity index (χ2n) is 6.43. The van der Waals surface area contributed by atoms with E-state index in [1.807, 2.05) is 42.7 Å². The molecule has 0 bridgehead atoms. The monoisotopic (exact) mass is 402 g/mol. The van der Waals surface area contributed by atoms with Crippen LogP contribution in [0.1, 0.15) is 43.2 Å². The quantitative estimate of drug-likeness (QED) is 0.457. The van der Waals surface area contributed by atoms with Crippen molar-refractivity contribution in [2.45, 2.75) is 44.8 Å². The molecule has 1 fully saturated rings. The summed E-state index contributed by atoms with van der Waals surface area (Å²) in [6.07, 6.45) is 3.78. The summed E-state index contributed by atoms with van der Waals surface area (Å²) in [5, 5.41) is 6.85. The average Bonchev–Trinajstić information content (AvgIpc) is 3.21. The first kappa shape index (κ1) is 22.1. The van der Waals surface area contributed by atoms with Gasteiger partial charge in [0.05, 0.1) is 0 Å². The van der Waals surface area contributed by atoms with E-state index in [9.17, 15) is 14.4 Å². The highest BCUT2D eigenvalue weighted by Crippen LogP contribution is 2.21. The highest BCUT2D eigenvalue weighted by Gasteiger charge is 2.22. The van der Waals surface area contributed by atoms with Crippen molar-refractivity contribution in [3.05, 3.63) is 42.2 Å². The zero-order chi connectivity index (χ0) is 21.1. The lowest BCUT2D eigenvalue weighted by molar-refractivity contribution is -0.133. The average molecular weight is 402 g/mol. The summed E-state index contributed by atoms with van der Waals surface area (Å²) in [6, 6.07) is 11.7. The standard InChI is InChI=1S/C14H14N2O2.C6H12N2O3/c17-14(15-11-7-4-8-11)13-9-12(16-18-13)10-5-2-1-3-6-10;1-3-5(11-2)6(10)8-7-4-9/h1-3,5-6,9,11H,4,7-8H2,(H,15,17);4-5H,3H2,1-2H3,(H,7,9)(H,8,10). The number of aromatic nitrogens is 1. The molecule has 1 unspecified atom stereocenters. The topological polar surface area (TPSA) is 123 Å². The fourth-order valence-electron chi connectivity index (χ4n) is 2.58. The van der Waals surface area contributed by atoms with Crippen molar-refractivity contribution in [1.29, 1.82) is 0 Å². The van der Waals surface area contributed by atoms with Crippen LogP contribution in [0.25, 0.3) is 11.3 Å². The molecule has 1 aliphatic carbocycles. The number of carbonyl (C=O) groups is 3. The predicted octanol–water partition coefficient (Wildman–Crippen LogP) is 1.81. The lowest BCUT2D eigenvalue weighted by Gasteiger charge is -2.25. The summed E-state index contributed by atoms with van der Waals surface area (Å²) in [5.74, 6) is -0.239. The van der Waals surface area contributed by atoms with Gasteiger partial charge in [-0.05, 0) is 25.7 Å². The summed E-state index contributed by atoms with van der Waals surface area (Å²) in [5.41, 5.74) is 5.83. The maximum absolute atomic E-state index is 11.8. The van der Waals surface area contributed by atoms with Crippen molar-refractivity contribution in [2.24, 2.45) is 0 Å². The van der Waals surface area contributed by atoms with Crippen LogP contribution >= 0.6 is 0 Å². The Morgan fingerprint density at radius 3 is 2.59 bits per heavy atom. The van der Waals surface area contributed by atoms with Gasteiger partial charge in [-0.25, -0.2) is 0 Å². The van der Waals surface area contributed by atoms with Crippen LogP contribution < -0.4 is 16.2 Å². The van der Waals surface area contributed by atoms with Gasteiger partial charge in [-0.1, -0.05) is 42.4 Å². The summed E-state index contributed by atoms with van der Waals surface area (Å²) in [6.45, 7) is 1.81. The van der Waals surface area contributed by atoms with Gasteiger partial charge in [-0.3, -0.25) is 25.2 Å². The molecule has 0 spiro atoms. The molecule has 2 aromatic rings.